The highest BCUT2D eigenvalue weighted by Gasteiger charge is 2.16. The second kappa shape index (κ2) is 7.98. The molecule has 28 heavy (non-hydrogen) atoms. The summed E-state index contributed by atoms with van der Waals surface area (Å²) in [6.45, 7) is 3.03. The molecule has 1 aliphatic rings. The van der Waals surface area contributed by atoms with Crippen LogP contribution in [0.1, 0.15) is 36.3 Å². The minimum atomic E-state index is -0.107. The van der Waals surface area contributed by atoms with Crippen molar-refractivity contribution < 1.29 is 4.79 Å². The molecule has 1 aliphatic heterocycles. The molecule has 1 N–H and O–H groups in total. The lowest BCUT2D eigenvalue weighted by atomic mass is 10.0. The first kappa shape index (κ1) is 19.0. The third-order valence-electron chi connectivity index (χ3n) is 5.07. The summed E-state index contributed by atoms with van der Waals surface area (Å²) in [4.78, 5) is 17.2. The Bertz CT molecular complexity index is 1010. The lowest BCUT2D eigenvalue weighted by Gasteiger charge is -2.15. The minimum Gasteiger partial charge on any atom is -0.349 e. The Morgan fingerprint density at radius 3 is 2.86 bits per heavy atom. The van der Waals surface area contributed by atoms with Gasteiger partial charge in [0.05, 0.1) is 28.2 Å². The van der Waals surface area contributed by atoms with Gasteiger partial charge in [-0.05, 0) is 42.7 Å². The largest absolute Gasteiger partial charge is 0.349 e. The Hall–Kier alpha value is -2.30. The summed E-state index contributed by atoms with van der Waals surface area (Å²) in [6.07, 6.45) is 4.59. The molecule has 2 heterocycles. The van der Waals surface area contributed by atoms with Crippen LogP contribution in [-0.4, -0.2) is 15.5 Å². The SMILES string of the molecule is CC(NC(=O)Cc1ccc(Cl)c(Cl)c1)c1cccc(-c2cn3c(n2)CCC3)c1. The van der Waals surface area contributed by atoms with Gasteiger partial charge in [0, 0.05) is 24.7 Å². The number of carbonyl (C=O) groups is 1. The van der Waals surface area contributed by atoms with Crippen LogP contribution >= 0.6 is 23.2 Å². The number of halogens is 2. The van der Waals surface area contributed by atoms with Crippen molar-refractivity contribution in [2.75, 3.05) is 0 Å². The van der Waals surface area contributed by atoms with Crippen LogP contribution in [0.4, 0.5) is 0 Å². The number of hydrogen-bond acceptors (Lipinski definition) is 2. The van der Waals surface area contributed by atoms with Crippen molar-refractivity contribution in [3.63, 3.8) is 0 Å². The van der Waals surface area contributed by atoms with Gasteiger partial charge in [-0.25, -0.2) is 4.98 Å². The minimum absolute atomic E-state index is 0.0581. The molecule has 1 unspecified atom stereocenters. The van der Waals surface area contributed by atoms with Gasteiger partial charge in [-0.2, -0.15) is 0 Å². The molecule has 0 spiro atoms. The van der Waals surface area contributed by atoms with Crippen molar-refractivity contribution >= 4 is 29.1 Å². The molecule has 0 saturated carbocycles. The number of amides is 1. The van der Waals surface area contributed by atoms with Crippen molar-refractivity contribution in [2.24, 2.45) is 0 Å². The third-order valence-corrected chi connectivity index (χ3v) is 5.81. The van der Waals surface area contributed by atoms with E-state index in [9.17, 15) is 4.79 Å². The molecule has 144 valence electrons. The molecule has 1 atom stereocenters. The van der Waals surface area contributed by atoms with Gasteiger partial charge >= 0.3 is 0 Å². The third kappa shape index (κ3) is 4.08. The first-order valence-electron chi connectivity index (χ1n) is 9.39. The molecule has 0 bridgehead atoms. The van der Waals surface area contributed by atoms with E-state index in [-0.39, 0.29) is 18.4 Å². The summed E-state index contributed by atoms with van der Waals surface area (Å²) < 4.78 is 2.23. The Morgan fingerprint density at radius 2 is 2.07 bits per heavy atom. The highest BCUT2D eigenvalue weighted by Crippen LogP contribution is 2.26. The zero-order valence-electron chi connectivity index (χ0n) is 15.6. The lowest BCUT2D eigenvalue weighted by Crippen LogP contribution is -2.28. The van der Waals surface area contributed by atoms with Crippen molar-refractivity contribution in [2.45, 2.75) is 38.8 Å². The van der Waals surface area contributed by atoms with E-state index in [2.05, 4.69) is 28.2 Å². The maximum Gasteiger partial charge on any atom is 0.224 e. The first-order chi connectivity index (χ1) is 13.5. The van der Waals surface area contributed by atoms with Crippen LogP contribution in [-0.2, 0) is 24.2 Å². The summed E-state index contributed by atoms with van der Waals surface area (Å²) >= 11 is 12.0. The van der Waals surface area contributed by atoms with E-state index in [0.29, 0.717) is 10.0 Å². The predicted molar refractivity (Wildman–Crippen MR) is 113 cm³/mol. The summed E-state index contributed by atoms with van der Waals surface area (Å²) in [5.41, 5.74) is 3.95. The first-order valence-corrected chi connectivity index (χ1v) is 10.1. The fraction of sp³-hybridized carbons (Fsp3) is 0.273. The maximum atomic E-state index is 12.4. The number of carbonyl (C=O) groups excluding carboxylic acids is 1. The molecule has 4 rings (SSSR count). The lowest BCUT2D eigenvalue weighted by molar-refractivity contribution is -0.121. The van der Waals surface area contributed by atoms with Crippen molar-refractivity contribution in [1.82, 2.24) is 14.9 Å². The molecule has 1 aromatic heterocycles. The summed E-state index contributed by atoms with van der Waals surface area (Å²) in [6, 6.07) is 13.3. The van der Waals surface area contributed by atoms with Gasteiger partial charge in [0.15, 0.2) is 0 Å². The highest BCUT2D eigenvalue weighted by atomic mass is 35.5. The second-order valence-electron chi connectivity index (χ2n) is 7.18. The highest BCUT2D eigenvalue weighted by molar-refractivity contribution is 6.42. The average molecular weight is 414 g/mol. The van der Waals surface area contributed by atoms with E-state index in [1.807, 2.05) is 25.1 Å². The molecule has 6 heteroatoms. The Morgan fingerprint density at radius 1 is 1.21 bits per heavy atom. The van der Waals surface area contributed by atoms with Crippen molar-refractivity contribution in [1.29, 1.82) is 0 Å². The van der Waals surface area contributed by atoms with Crippen LogP contribution in [0.25, 0.3) is 11.3 Å². The molecule has 4 nitrogen and oxygen atoms in total. The van der Waals surface area contributed by atoms with E-state index < -0.39 is 0 Å². The smallest absolute Gasteiger partial charge is 0.224 e. The van der Waals surface area contributed by atoms with E-state index >= 15 is 0 Å². The second-order valence-corrected chi connectivity index (χ2v) is 7.99. The van der Waals surface area contributed by atoms with E-state index in [1.54, 1.807) is 12.1 Å². The Kier molecular flexibility index (Phi) is 5.42. The topological polar surface area (TPSA) is 46.9 Å². The fourth-order valence-electron chi connectivity index (χ4n) is 3.57. The maximum absolute atomic E-state index is 12.4. The zero-order chi connectivity index (χ0) is 19.7. The number of hydrogen-bond donors (Lipinski definition) is 1. The van der Waals surface area contributed by atoms with Crippen LogP contribution < -0.4 is 5.32 Å². The number of nitrogens with one attached hydrogen (secondary N) is 1. The van der Waals surface area contributed by atoms with Crippen molar-refractivity contribution in [3.05, 3.63) is 75.7 Å². The molecule has 0 aliphatic carbocycles. The number of fused-ring (bicyclic) bond motifs is 1. The van der Waals surface area contributed by atoms with Crippen LogP contribution in [0.5, 0.6) is 0 Å². The zero-order valence-corrected chi connectivity index (χ0v) is 17.1. The molecule has 3 aromatic rings. The van der Waals surface area contributed by atoms with Crippen LogP contribution in [0.15, 0.2) is 48.7 Å². The number of rotatable bonds is 5. The molecule has 1 amide bonds. The molecule has 2 aromatic carbocycles. The van der Waals surface area contributed by atoms with Gasteiger partial charge < -0.3 is 9.88 Å². The number of imidazole rings is 1. The fourth-order valence-corrected chi connectivity index (χ4v) is 3.89. The average Bonchev–Trinajstić information content (AvgIpc) is 3.27. The molecule has 0 fully saturated rings. The molecular weight excluding hydrogens is 393 g/mol. The monoisotopic (exact) mass is 413 g/mol. The summed E-state index contributed by atoms with van der Waals surface area (Å²) in [5, 5.41) is 4.00. The quantitative estimate of drug-likeness (QED) is 0.622. The number of aromatic nitrogens is 2. The van der Waals surface area contributed by atoms with Gasteiger partial charge in [-0.3, -0.25) is 4.79 Å². The standard InChI is InChI=1S/C22H21Cl2N3O/c1-14(25-22(28)11-15-7-8-18(23)19(24)10-15)16-4-2-5-17(12-16)20-13-27-9-3-6-21(27)26-20/h2,4-5,7-8,10,12-14H,3,6,9,11H2,1H3,(H,25,28). The van der Waals surface area contributed by atoms with E-state index in [4.69, 9.17) is 28.2 Å². The van der Waals surface area contributed by atoms with E-state index in [1.165, 1.54) is 6.42 Å². The van der Waals surface area contributed by atoms with Crippen LogP contribution in [0.3, 0.4) is 0 Å². The number of nitrogens with zero attached hydrogens (tertiary/aromatic N) is 2. The van der Waals surface area contributed by atoms with Gasteiger partial charge in [-0.1, -0.05) is 47.5 Å². The van der Waals surface area contributed by atoms with Crippen LogP contribution in [0, 0.1) is 0 Å². The van der Waals surface area contributed by atoms with Gasteiger partial charge in [0.2, 0.25) is 5.91 Å². The van der Waals surface area contributed by atoms with E-state index in [0.717, 1.165) is 41.2 Å². The molecule has 0 saturated heterocycles. The number of aryl methyl sites for hydroxylation is 2. The van der Waals surface area contributed by atoms with Gasteiger partial charge in [0.1, 0.15) is 5.82 Å². The molecule has 0 radical (unpaired) electrons. The summed E-state index contributed by atoms with van der Waals surface area (Å²) in [5.74, 6) is 1.10. The van der Waals surface area contributed by atoms with Crippen LogP contribution in [0.2, 0.25) is 10.0 Å². The summed E-state index contributed by atoms with van der Waals surface area (Å²) in [7, 11) is 0. The van der Waals surface area contributed by atoms with Gasteiger partial charge in [0.25, 0.3) is 0 Å². The number of benzene rings is 2. The molecular formula is C22H21Cl2N3O. The predicted octanol–water partition coefficient (Wildman–Crippen LogP) is 5.22. The van der Waals surface area contributed by atoms with Crippen molar-refractivity contribution in [3.8, 4) is 11.3 Å². The normalized spacial score (nSPS) is 14.0. The Labute approximate surface area is 174 Å². The Balaban J connectivity index is 1.44. The van der Waals surface area contributed by atoms with Gasteiger partial charge in [-0.15, -0.1) is 0 Å².